The van der Waals surface area contributed by atoms with Crippen LogP contribution >= 0.6 is 0 Å². The van der Waals surface area contributed by atoms with Crippen molar-refractivity contribution in [2.75, 3.05) is 26.4 Å². The van der Waals surface area contributed by atoms with Crippen molar-refractivity contribution >= 4 is 10.0 Å². The molecule has 2 aromatic carbocycles. The Morgan fingerprint density at radius 2 is 1.42 bits per heavy atom. The fourth-order valence-corrected chi connectivity index (χ4v) is 3.28. The normalized spacial score (nSPS) is 11.3. The van der Waals surface area contributed by atoms with E-state index >= 15 is 0 Å². The topological polar surface area (TPSA) is 73.9 Å². The molecule has 6 nitrogen and oxygen atoms in total. The standard InChI is InChI=1S/C19H25NO5S/c1-3-23-15-5-14-20-26(21,22)19-12-10-18(11-13-19)25-17-8-6-16(7-9-17)24-4-2/h6-13,20H,3-5,14-15H2,1-2H3. The van der Waals surface area contributed by atoms with Crippen LogP contribution in [0.4, 0.5) is 0 Å². The summed E-state index contributed by atoms with van der Waals surface area (Å²) in [6, 6.07) is 13.6. The Kier molecular flexibility index (Phi) is 7.90. The van der Waals surface area contributed by atoms with E-state index in [4.69, 9.17) is 14.2 Å². The van der Waals surface area contributed by atoms with Gasteiger partial charge in [-0.25, -0.2) is 13.1 Å². The number of benzene rings is 2. The quantitative estimate of drug-likeness (QED) is 0.604. The van der Waals surface area contributed by atoms with Gasteiger partial charge in [-0.2, -0.15) is 0 Å². The molecule has 7 heteroatoms. The van der Waals surface area contributed by atoms with Crippen molar-refractivity contribution in [3.8, 4) is 17.2 Å². The van der Waals surface area contributed by atoms with Crippen LogP contribution in [-0.2, 0) is 14.8 Å². The minimum absolute atomic E-state index is 0.202. The maximum absolute atomic E-state index is 12.2. The van der Waals surface area contributed by atoms with Gasteiger partial charge in [0.25, 0.3) is 0 Å². The predicted molar refractivity (Wildman–Crippen MR) is 100 cm³/mol. The molecule has 0 spiro atoms. The van der Waals surface area contributed by atoms with Crippen LogP contribution in [0.25, 0.3) is 0 Å². The van der Waals surface area contributed by atoms with E-state index in [2.05, 4.69) is 4.72 Å². The summed E-state index contributed by atoms with van der Waals surface area (Å²) in [5, 5.41) is 0. The molecule has 0 radical (unpaired) electrons. The zero-order chi connectivity index (χ0) is 18.8. The number of sulfonamides is 1. The number of nitrogens with one attached hydrogen (secondary N) is 1. The van der Waals surface area contributed by atoms with Gasteiger partial charge in [-0.3, -0.25) is 0 Å². The first-order chi connectivity index (χ1) is 12.5. The van der Waals surface area contributed by atoms with Gasteiger partial charge in [0.15, 0.2) is 0 Å². The van der Waals surface area contributed by atoms with Crippen LogP contribution in [0.1, 0.15) is 20.3 Å². The van der Waals surface area contributed by atoms with Crippen LogP contribution < -0.4 is 14.2 Å². The minimum Gasteiger partial charge on any atom is -0.494 e. The Morgan fingerprint density at radius 3 is 2.00 bits per heavy atom. The van der Waals surface area contributed by atoms with Gasteiger partial charge < -0.3 is 14.2 Å². The average molecular weight is 379 g/mol. The molecule has 0 aliphatic rings. The summed E-state index contributed by atoms with van der Waals surface area (Å²) < 4.78 is 43.3. The highest BCUT2D eigenvalue weighted by Crippen LogP contribution is 2.25. The molecular weight excluding hydrogens is 354 g/mol. The van der Waals surface area contributed by atoms with Gasteiger partial charge in [0, 0.05) is 19.8 Å². The Balaban J connectivity index is 1.92. The molecule has 0 unspecified atom stereocenters. The molecule has 2 rings (SSSR count). The molecule has 0 aliphatic heterocycles. The summed E-state index contributed by atoms with van der Waals surface area (Å²) in [4.78, 5) is 0.202. The Bertz CT molecular complexity index is 758. The number of hydrogen-bond acceptors (Lipinski definition) is 5. The zero-order valence-electron chi connectivity index (χ0n) is 15.1. The fraction of sp³-hybridized carbons (Fsp3) is 0.368. The lowest BCUT2D eigenvalue weighted by atomic mass is 10.3. The monoisotopic (exact) mass is 379 g/mol. The maximum atomic E-state index is 12.2. The molecule has 1 N–H and O–H groups in total. The number of rotatable bonds is 11. The molecule has 142 valence electrons. The summed E-state index contributed by atoms with van der Waals surface area (Å²) in [5.41, 5.74) is 0. The summed E-state index contributed by atoms with van der Waals surface area (Å²) in [7, 11) is -3.53. The van der Waals surface area contributed by atoms with Gasteiger partial charge in [-0.05, 0) is 68.8 Å². The highest BCUT2D eigenvalue weighted by molar-refractivity contribution is 7.89. The van der Waals surface area contributed by atoms with E-state index in [-0.39, 0.29) is 4.90 Å². The van der Waals surface area contributed by atoms with E-state index < -0.39 is 10.0 Å². The maximum Gasteiger partial charge on any atom is 0.240 e. The first-order valence-corrected chi connectivity index (χ1v) is 10.1. The van der Waals surface area contributed by atoms with Crippen LogP contribution in [-0.4, -0.2) is 34.8 Å². The smallest absolute Gasteiger partial charge is 0.240 e. The van der Waals surface area contributed by atoms with Crippen LogP contribution in [0.5, 0.6) is 17.2 Å². The highest BCUT2D eigenvalue weighted by atomic mass is 32.2. The van der Waals surface area contributed by atoms with E-state index in [1.165, 1.54) is 12.1 Å². The van der Waals surface area contributed by atoms with Crippen molar-refractivity contribution in [2.45, 2.75) is 25.2 Å². The van der Waals surface area contributed by atoms with Crippen molar-refractivity contribution in [3.63, 3.8) is 0 Å². The van der Waals surface area contributed by atoms with E-state index in [9.17, 15) is 8.42 Å². The van der Waals surface area contributed by atoms with Crippen LogP contribution in [0.2, 0.25) is 0 Å². The second kappa shape index (κ2) is 10.2. The highest BCUT2D eigenvalue weighted by Gasteiger charge is 2.13. The van der Waals surface area contributed by atoms with Crippen molar-refractivity contribution in [1.82, 2.24) is 4.72 Å². The third kappa shape index (κ3) is 6.33. The lowest BCUT2D eigenvalue weighted by Gasteiger charge is -2.09. The first-order valence-electron chi connectivity index (χ1n) is 8.63. The van der Waals surface area contributed by atoms with Crippen molar-refractivity contribution in [1.29, 1.82) is 0 Å². The van der Waals surface area contributed by atoms with Crippen LogP contribution in [0, 0.1) is 0 Å². The van der Waals surface area contributed by atoms with E-state index in [0.29, 0.717) is 44.3 Å². The van der Waals surface area contributed by atoms with Crippen LogP contribution in [0.3, 0.4) is 0 Å². The van der Waals surface area contributed by atoms with Gasteiger partial charge in [0.2, 0.25) is 10.0 Å². The Labute approximate surface area is 155 Å². The first kappa shape index (κ1) is 20.2. The molecule has 0 aliphatic carbocycles. The van der Waals surface area contributed by atoms with E-state index in [1.807, 2.05) is 26.0 Å². The molecule has 0 saturated heterocycles. The third-order valence-corrected chi connectivity index (χ3v) is 4.94. The number of hydrogen-bond donors (Lipinski definition) is 1. The van der Waals surface area contributed by atoms with E-state index in [0.717, 1.165) is 5.75 Å². The summed E-state index contributed by atoms with van der Waals surface area (Å²) in [6.07, 6.45) is 0.631. The minimum atomic E-state index is -3.53. The molecule has 0 aromatic heterocycles. The lowest BCUT2D eigenvalue weighted by Crippen LogP contribution is -2.25. The third-order valence-electron chi connectivity index (χ3n) is 3.47. The molecule has 26 heavy (non-hydrogen) atoms. The molecule has 0 bridgehead atoms. The molecule has 0 amide bonds. The second-order valence-electron chi connectivity index (χ2n) is 5.43. The average Bonchev–Trinajstić information content (AvgIpc) is 2.64. The van der Waals surface area contributed by atoms with Crippen molar-refractivity contribution < 1.29 is 22.6 Å². The molecule has 0 saturated carbocycles. The van der Waals surface area contributed by atoms with Gasteiger partial charge >= 0.3 is 0 Å². The van der Waals surface area contributed by atoms with Crippen molar-refractivity contribution in [2.24, 2.45) is 0 Å². The van der Waals surface area contributed by atoms with Crippen molar-refractivity contribution in [3.05, 3.63) is 48.5 Å². The summed E-state index contributed by atoms with van der Waals surface area (Å²) >= 11 is 0. The van der Waals surface area contributed by atoms with Gasteiger partial charge in [-0.15, -0.1) is 0 Å². The molecule has 0 atom stereocenters. The summed E-state index contributed by atoms with van der Waals surface area (Å²) in [5.74, 6) is 1.99. The summed E-state index contributed by atoms with van der Waals surface area (Å²) in [6.45, 7) is 5.94. The largest absolute Gasteiger partial charge is 0.494 e. The van der Waals surface area contributed by atoms with Gasteiger partial charge in [0.05, 0.1) is 11.5 Å². The Hall–Kier alpha value is -2.09. The van der Waals surface area contributed by atoms with Crippen LogP contribution in [0.15, 0.2) is 53.4 Å². The van der Waals surface area contributed by atoms with Gasteiger partial charge in [-0.1, -0.05) is 0 Å². The predicted octanol–water partition coefficient (Wildman–Crippen LogP) is 3.58. The molecule has 0 fully saturated rings. The van der Waals surface area contributed by atoms with Gasteiger partial charge in [0.1, 0.15) is 17.2 Å². The second-order valence-corrected chi connectivity index (χ2v) is 7.19. The molecule has 0 heterocycles. The molecule has 2 aromatic rings. The Morgan fingerprint density at radius 1 is 0.846 bits per heavy atom. The SMILES string of the molecule is CCOCCCNS(=O)(=O)c1ccc(Oc2ccc(OCC)cc2)cc1. The fourth-order valence-electron chi connectivity index (χ4n) is 2.20. The van der Waals surface area contributed by atoms with E-state index in [1.54, 1.807) is 24.3 Å². The molecular formula is C19H25NO5S. The zero-order valence-corrected chi connectivity index (χ0v) is 15.9. The lowest BCUT2D eigenvalue weighted by molar-refractivity contribution is 0.146. The number of ether oxygens (including phenoxy) is 3.